The topological polar surface area (TPSA) is 57.1 Å². The van der Waals surface area contributed by atoms with E-state index in [1.54, 1.807) is 0 Å². The van der Waals surface area contributed by atoms with Gasteiger partial charge in [0.25, 0.3) is 0 Å². The zero-order valence-corrected chi connectivity index (χ0v) is 31.6. The molecule has 0 saturated carbocycles. The number of ether oxygens (including phenoxy) is 2. The molecule has 0 atom stereocenters. The Morgan fingerprint density at radius 3 is 1.54 bits per heavy atom. The van der Waals surface area contributed by atoms with Crippen molar-refractivity contribution in [2.24, 2.45) is 0 Å². The van der Waals surface area contributed by atoms with Gasteiger partial charge in [-0.2, -0.15) is 0 Å². The highest BCUT2D eigenvalue weighted by atomic mass is 16.6. The minimum absolute atomic E-state index is 0.125. The molecule has 5 heteroatoms. The van der Waals surface area contributed by atoms with Crippen molar-refractivity contribution in [2.45, 2.75) is 38.5 Å². The van der Waals surface area contributed by atoms with Crippen molar-refractivity contribution in [3.63, 3.8) is 0 Å². The summed E-state index contributed by atoms with van der Waals surface area (Å²) < 4.78 is 13.3. The van der Waals surface area contributed by atoms with Gasteiger partial charge in [0.1, 0.15) is 0 Å². The van der Waals surface area contributed by atoms with E-state index >= 15 is 0 Å². The van der Waals surface area contributed by atoms with Crippen LogP contribution in [0.1, 0.15) is 49.9 Å². The van der Waals surface area contributed by atoms with Crippen molar-refractivity contribution in [1.82, 2.24) is 15.0 Å². The Balaban J connectivity index is 0.961. The van der Waals surface area contributed by atoms with Crippen LogP contribution in [-0.4, -0.2) is 15.0 Å². The number of para-hydroxylation sites is 1. The zero-order valence-electron chi connectivity index (χ0n) is 31.6. The first-order chi connectivity index (χ1) is 27.2. The summed E-state index contributed by atoms with van der Waals surface area (Å²) in [6, 6.07) is 52.8. The highest BCUT2D eigenvalue weighted by molar-refractivity contribution is 5.85. The first kappa shape index (κ1) is 32.6. The van der Waals surface area contributed by atoms with Crippen molar-refractivity contribution < 1.29 is 9.47 Å². The second kappa shape index (κ2) is 11.8. The Hall–Kier alpha value is -6.85. The number of aromatic nitrogens is 3. The largest absolute Gasteiger partial charge is 0.449 e. The molecule has 2 aliphatic carbocycles. The van der Waals surface area contributed by atoms with Crippen LogP contribution in [0.15, 0.2) is 152 Å². The lowest BCUT2D eigenvalue weighted by molar-refractivity contribution is 0.360. The molecule has 5 nitrogen and oxygen atoms in total. The Morgan fingerprint density at radius 1 is 0.339 bits per heavy atom. The maximum absolute atomic E-state index is 6.72. The molecule has 0 spiro atoms. The van der Waals surface area contributed by atoms with Crippen molar-refractivity contribution in [3.8, 4) is 90.5 Å². The third-order valence-electron chi connectivity index (χ3n) is 12.0. The van der Waals surface area contributed by atoms with Crippen LogP contribution in [0, 0.1) is 0 Å². The number of fused-ring (bicyclic) bond motifs is 8. The van der Waals surface area contributed by atoms with Gasteiger partial charge in [0.15, 0.2) is 40.5 Å². The number of hydrogen-bond acceptors (Lipinski definition) is 5. The minimum Gasteiger partial charge on any atom is -0.449 e. The minimum atomic E-state index is -0.133. The van der Waals surface area contributed by atoms with Gasteiger partial charge in [-0.1, -0.05) is 155 Å². The molecule has 3 aliphatic rings. The molecule has 8 aromatic rings. The average Bonchev–Trinajstić information content (AvgIpc) is 3.60. The lowest BCUT2D eigenvalue weighted by Gasteiger charge is -2.26. The van der Waals surface area contributed by atoms with E-state index in [4.69, 9.17) is 24.4 Å². The smallest absolute Gasteiger partial charge is 0.177 e. The van der Waals surface area contributed by atoms with E-state index in [1.807, 2.05) is 42.5 Å². The normalized spacial score (nSPS) is 14.6. The van der Waals surface area contributed by atoms with Crippen molar-refractivity contribution in [2.75, 3.05) is 0 Å². The van der Waals surface area contributed by atoms with E-state index in [-0.39, 0.29) is 10.8 Å². The SMILES string of the molecule is CC1(C)c2ccccc2-c2ccc(-c3nc(-c4ccccc4)nc(-c4ccc(-c5cccc6c5Oc5cc7c(cc5O6)C(C)(C)c5ccccc5-7)cc4)n3)cc21. The van der Waals surface area contributed by atoms with Gasteiger partial charge in [-0.15, -0.1) is 0 Å². The van der Waals surface area contributed by atoms with Crippen LogP contribution in [0.25, 0.3) is 67.5 Å². The molecule has 7 aromatic carbocycles. The molecule has 1 aliphatic heterocycles. The van der Waals surface area contributed by atoms with Gasteiger partial charge < -0.3 is 9.47 Å². The summed E-state index contributed by atoms with van der Waals surface area (Å²) in [5.41, 5.74) is 14.7. The summed E-state index contributed by atoms with van der Waals surface area (Å²) in [6.45, 7) is 9.14. The van der Waals surface area contributed by atoms with E-state index in [2.05, 4.69) is 137 Å². The van der Waals surface area contributed by atoms with E-state index < -0.39 is 0 Å². The molecule has 0 fully saturated rings. The van der Waals surface area contributed by atoms with Crippen LogP contribution >= 0.6 is 0 Å². The summed E-state index contributed by atoms with van der Waals surface area (Å²) >= 11 is 0. The highest BCUT2D eigenvalue weighted by Gasteiger charge is 2.38. The van der Waals surface area contributed by atoms with Crippen LogP contribution in [0.4, 0.5) is 0 Å². The molecule has 0 saturated heterocycles. The summed E-state index contributed by atoms with van der Waals surface area (Å²) in [5, 5.41) is 0. The molecular weight excluding hydrogens is 687 g/mol. The molecule has 56 heavy (non-hydrogen) atoms. The standard InChI is InChI=1S/C51H37N3O2/c1-50(2)39-18-10-8-15-35(39)37-26-25-33(27-41(37)50)49-53-47(31-13-6-5-7-14-31)52-48(54-49)32-23-21-30(22-24-32)34-17-12-20-43-46(34)56-44-28-38-36-16-9-11-19-40(36)51(3,4)42(38)29-45(44)55-43/h5-29H,1-4H3. The third kappa shape index (κ3) is 4.83. The molecule has 0 unspecified atom stereocenters. The van der Waals surface area contributed by atoms with Crippen molar-refractivity contribution in [3.05, 3.63) is 174 Å². The molecule has 0 radical (unpaired) electrons. The van der Waals surface area contributed by atoms with Gasteiger partial charge in [0.05, 0.1) is 0 Å². The van der Waals surface area contributed by atoms with Gasteiger partial charge in [-0.05, 0) is 74.3 Å². The average molecular weight is 724 g/mol. The molecule has 0 bridgehead atoms. The molecule has 268 valence electrons. The lowest BCUT2D eigenvalue weighted by Crippen LogP contribution is -2.15. The van der Waals surface area contributed by atoms with Crippen LogP contribution in [0.3, 0.4) is 0 Å². The van der Waals surface area contributed by atoms with Gasteiger partial charge in [-0.3, -0.25) is 0 Å². The summed E-state index contributed by atoms with van der Waals surface area (Å²) in [5.74, 6) is 4.75. The van der Waals surface area contributed by atoms with Gasteiger partial charge in [-0.25, -0.2) is 15.0 Å². The molecule has 2 heterocycles. The predicted molar refractivity (Wildman–Crippen MR) is 223 cm³/mol. The zero-order chi connectivity index (χ0) is 37.8. The molecular formula is C51H37N3O2. The molecule has 0 amide bonds. The third-order valence-corrected chi connectivity index (χ3v) is 12.0. The Bertz CT molecular complexity index is 2910. The molecule has 0 N–H and O–H groups in total. The Kier molecular flexibility index (Phi) is 6.88. The molecule has 1 aromatic heterocycles. The Morgan fingerprint density at radius 2 is 0.839 bits per heavy atom. The number of benzene rings is 7. The van der Waals surface area contributed by atoms with E-state index in [9.17, 15) is 0 Å². The maximum atomic E-state index is 6.72. The van der Waals surface area contributed by atoms with Crippen LogP contribution < -0.4 is 9.47 Å². The van der Waals surface area contributed by atoms with Crippen molar-refractivity contribution >= 4 is 0 Å². The van der Waals surface area contributed by atoms with E-state index in [0.29, 0.717) is 29.0 Å². The van der Waals surface area contributed by atoms with Crippen LogP contribution in [0.5, 0.6) is 23.0 Å². The van der Waals surface area contributed by atoms with Gasteiger partial charge >= 0.3 is 0 Å². The number of rotatable bonds is 4. The number of nitrogens with zero attached hydrogens (tertiary/aromatic N) is 3. The monoisotopic (exact) mass is 723 g/mol. The van der Waals surface area contributed by atoms with E-state index in [1.165, 1.54) is 44.5 Å². The fourth-order valence-corrected chi connectivity index (χ4v) is 9.02. The Labute approximate surface area is 326 Å². The van der Waals surface area contributed by atoms with Crippen LogP contribution in [-0.2, 0) is 10.8 Å². The summed E-state index contributed by atoms with van der Waals surface area (Å²) in [4.78, 5) is 15.2. The second-order valence-electron chi connectivity index (χ2n) is 16.0. The highest BCUT2D eigenvalue weighted by Crippen LogP contribution is 2.56. The summed E-state index contributed by atoms with van der Waals surface area (Å²) in [6.07, 6.45) is 0. The maximum Gasteiger partial charge on any atom is 0.177 e. The van der Waals surface area contributed by atoms with Crippen molar-refractivity contribution in [1.29, 1.82) is 0 Å². The fourth-order valence-electron chi connectivity index (χ4n) is 9.02. The first-order valence-electron chi connectivity index (χ1n) is 19.2. The number of hydrogen-bond donors (Lipinski definition) is 0. The second-order valence-corrected chi connectivity index (χ2v) is 16.0. The van der Waals surface area contributed by atoms with E-state index in [0.717, 1.165) is 39.3 Å². The lowest BCUT2D eigenvalue weighted by atomic mass is 9.82. The predicted octanol–water partition coefficient (Wildman–Crippen LogP) is 13.1. The van der Waals surface area contributed by atoms with Gasteiger partial charge in [0, 0.05) is 33.1 Å². The van der Waals surface area contributed by atoms with Crippen LogP contribution in [0.2, 0.25) is 0 Å². The fraction of sp³-hybridized carbons (Fsp3) is 0.118. The quantitative estimate of drug-likeness (QED) is 0.181. The van der Waals surface area contributed by atoms with Gasteiger partial charge in [0.2, 0.25) is 0 Å². The first-order valence-corrected chi connectivity index (χ1v) is 19.2. The summed E-state index contributed by atoms with van der Waals surface area (Å²) in [7, 11) is 0. The molecule has 11 rings (SSSR count).